The molecule has 0 radical (unpaired) electrons. The van der Waals surface area contributed by atoms with Crippen LogP contribution in [-0.4, -0.2) is 48.3 Å². The molecule has 0 saturated heterocycles. The fraction of sp³-hybridized carbons (Fsp3) is 1.00. The van der Waals surface area contributed by atoms with Crippen molar-refractivity contribution in [2.24, 2.45) is 0 Å². The lowest BCUT2D eigenvalue weighted by Gasteiger charge is -2.26. The third kappa shape index (κ3) is 4.96. The van der Waals surface area contributed by atoms with E-state index >= 15 is 0 Å². The van der Waals surface area contributed by atoms with E-state index in [4.69, 9.17) is 0 Å². The first-order chi connectivity index (χ1) is 7.31. The van der Waals surface area contributed by atoms with Crippen LogP contribution >= 0.6 is 0 Å². The molecule has 0 heterocycles. The standard InChI is InChI=1S/C12H26N2O/c1-3-7-13-11(10-15)9-14(8-4-2)12-5-6-12/h11-13,15H,3-10H2,1-2H3. The zero-order valence-corrected chi connectivity index (χ0v) is 10.2. The van der Waals surface area contributed by atoms with Crippen molar-refractivity contribution in [1.29, 1.82) is 0 Å². The van der Waals surface area contributed by atoms with Gasteiger partial charge in [0.2, 0.25) is 0 Å². The van der Waals surface area contributed by atoms with Crippen molar-refractivity contribution >= 4 is 0 Å². The van der Waals surface area contributed by atoms with E-state index in [2.05, 4.69) is 24.1 Å². The fourth-order valence-corrected chi connectivity index (χ4v) is 1.97. The Kier molecular flexibility index (Phi) is 6.22. The zero-order valence-electron chi connectivity index (χ0n) is 10.2. The summed E-state index contributed by atoms with van der Waals surface area (Å²) in [5, 5.41) is 12.7. The van der Waals surface area contributed by atoms with Crippen LogP contribution in [0.2, 0.25) is 0 Å². The molecule has 0 aromatic rings. The first-order valence-corrected chi connectivity index (χ1v) is 6.40. The van der Waals surface area contributed by atoms with Gasteiger partial charge in [0, 0.05) is 18.6 Å². The quantitative estimate of drug-likeness (QED) is 0.606. The van der Waals surface area contributed by atoms with Gasteiger partial charge in [-0.05, 0) is 38.8 Å². The van der Waals surface area contributed by atoms with Crippen LogP contribution in [0.25, 0.3) is 0 Å². The lowest BCUT2D eigenvalue weighted by Crippen LogP contribution is -2.44. The predicted molar refractivity (Wildman–Crippen MR) is 64.1 cm³/mol. The maximum Gasteiger partial charge on any atom is 0.0597 e. The van der Waals surface area contributed by atoms with E-state index in [0.717, 1.165) is 25.6 Å². The molecule has 1 aliphatic carbocycles. The van der Waals surface area contributed by atoms with Gasteiger partial charge in [0.1, 0.15) is 0 Å². The largest absolute Gasteiger partial charge is 0.395 e. The molecule has 1 aliphatic rings. The van der Waals surface area contributed by atoms with Crippen LogP contribution in [-0.2, 0) is 0 Å². The van der Waals surface area contributed by atoms with Gasteiger partial charge < -0.3 is 10.4 Å². The first kappa shape index (κ1) is 12.9. The minimum Gasteiger partial charge on any atom is -0.395 e. The Labute approximate surface area is 93.9 Å². The van der Waals surface area contributed by atoms with Crippen molar-refractivity contribution in [3.8, 4) is 0 Å². The molecule has 0 aromatic carbocycles. The summed E-state index contributed by atoms with van der Waals surface area (Å²) in [6.45, 7) is 7.84. The zero-order chi connectivity index (χ0) is 11.1. The van der Waals surface area contributed by atoms with Crippen molar-refractivity contribution < 1.29 is 5.11 Å². The third-order valence-corrected chi connectivity index (χ3v) is 2.93. The number of aliphatic hydroxyl groups is 1. The molecule has 0 aliphatic heterocycles. The fourth-order valence-electron chi connectivity index (χ4n) is 1.97. The van der Waals surface area contributed by atoms with Gasteiger partial charge in [-0.15, -0.1) is 0 Å². The van der Waals surface area contributed by atoms with E-state index < -0.39 is 0 Å². The van der Waals surface area contributed by atoms with E-state index in [0.29, 0.717) is 0 Å². The molecule has 1 rings (SSSR count). The SMILES string of the molecule is CCCNC(CO)CN(CCC)C1CC1. The molecule has 1 atom stereocenters. The van der Waals surface area contributed by atoms with Crippen molar-refractivity contribution in [2.75, 3.05) is 26.2 Å². The summed E-state index contributed by atoms with van der Waals surface area (Å²) in [7, 11) is 0. The molecule has 0 bridgehead atoms. The van der Waals surface area contributed by atoms with Crippen LogP contribution in [0.1, 0.15) is 39.5 Å². The van der Waals surface area contributed by atoms with E-state index in [1.807, 2.05) is 0 Å². The summed E-state index contributed by atoms with van der Waals surface area (Å²) in [5.74, 6) is 0. The third-order valence-electron chi connectivity index (χ3n) is 2.93. The van der Waals surface area contributed by atoms with Crippen molar-refractivity contribution in [1.82, 2.24) is 10.2 Å². The van der Waals surface area contributed by atoms with Gasteiger partial charge in [-0.3, -0.25) is 4.90 Å². The highest BCUT2D eigenvalue weighted by atomic mass is 16.3. The van der Waals surface area contributed by atoms with Crippen LogP contribution in [0.3, 0.4) is 0 Å². The Balaban J connectivity index is 2.25. The Morgan fingerprint density at radius 1 is 1.33 bits per heavy atom. The van der Waals surface area contributed by atoms with Crippen molar-refractivity contribution in [3.63, 3.8) is 0 Å². The van der Waals surface area contributed by atoms with Crippen LogP contribution in [0.15, 0.2) is 0 Å². The molecule has 3 heteroatoms. The van der Waals surface area contributed by atoms with Crippen LogP contribution < -0.4 is 5.32 Å². The van der Waals surface area contributed by atoms with Gasteiger partial charge >= 0.3 is 0 Å². The molecular weight excluding hydrogens is 188 g/mol. The minimum atomic E-state index is 0.257. The minimum absolute atomic E-state index is 0.257. The lowest BCUT2D eigenvalue weighted by molar-refractivity contribution is 0.176. The molecule has 3 nitrogen and oxygen atoms in total. The number of aliphatic hydroxyl groups excluding tert-OH is 1. The van der Waals surface area contributed by atoms with E-state index in [-0.39, 0.29) is 12.6 Å². The smallest absolute Gasteiger partial charge is 0.0597 e. The van der Waals surface area contributed by atoms with E-state index in [9.17, 15) is 5.11 Å². The Hall–Kier alpha value is -0.120. The second-order valence-corrected chi connectivity index (χ2v) is 4.56. The molecule has 1 saturated carbocycles. The second kappa shape index (κ2) is 7.20. The summed E-state index contributed by atoms with van der Waals surface area (Å²) >= 11 is 0. The summed E-state index contributed by atoms with van der Waals surface area (Å²) in [6, 6.07) is 1.07. The van der Waals surface area contributed by atoms with Gasteiger partial charge in [0.15, 0.2) is 0 Å². The van der Waals surface area contributed by atoms with Gasteiger partial charge in [-0.2, -0.15) is 0 Å². The van der Waals surface area contributed by atoms with Gasteiger partial charge in [0.05, 0.1) is 6.61 Å². The highest BCUT2D eigenvalue weighted by Gasteiger charge is 2.29. The Morgan fingerprint density at radius 3 is 2.53 bits per heavy atom. The van der Waals surface area contributed by atoms with Gasteiger partial charge in [0.25, 0.3) is 0 Å². The van der Waals surface area contributed by atoms with Gasteiger partial charge in [-0.25, -0.2) is 0 Å². The monoisotopic (exact) mass is 214 g/mol. The Bertz CT molecular complexity index is 160. The molecule has 1 fully saturated rings. The summed E-state index contributed by atoms with van der Waals surface area (Å²) < 4.78 is 0. The summed E-state index contributed by atoms with van der Waals surface area (Å²) in [4.78, 5) is 2.53. The van der Waals surface area contributed by atoms with Gasteiger partial charge in [-0.1, -0.05) is 13.8 Å². The Morgan fingerprint density at radius 2 is 2.07 bits per heavy atom. The molecule has 0 spiro atoms. The normalized spacial score (nSPS) is 18.4. The van der Waals surface area contributed by atoms with Crippen LogP contribution in [0, 0.1) is 0 Å². The number of hydrogen-bond donors (Lipinski definition) is 2. The molecule has 15 heavy (non-hydrogen) atoms. The average Bonchev–Trinajstić information content (AvgIpc) is 3.06. The highest BCUT2D eigenvalue weighted by molar-refractivity contribution is 4.86. The van der Waals surface area contributed by atoms with Crippen molar-refractivity contribution in [2.45, 2.75) is 51.6 Å². The predicted octanol–water partition coefficient (Wildman–Crippen LogP) is 1.22. The number of hydrogen-bond acceptors (Lipinski definition) is 3. The first-order valence-electron chi connectivity index (χ1n) is 6.40. The molecule has 90 valence electrons. The topological polar surface area (TPSA) is 35.5 Å². The van der Waals surface area contributed by atoms with Crippen LogP contribution in [0.4, 0.5) is 0 Å². The highest BCUT2D eigenvalue weighted by Crippen LogP contribution is 2.26. The second-order valence-electron chi connectivity index (χ2n) is 4.56. The summed E-state index contributed by atoms with van der Waals surface area (Å²) in [6.07, 6.45) is 5.05. The number of nitrogens with zero attached hydrogens (tertiary/aromatic N) is 1. The molecule has 1 unspecified atom stereocenters. The maximum absolute atomic E-state index is 9.28. The van der Waals surface area contributed by atoms with E-state index in [1.165, 1.54) is 25.8 Å². The molecule has 0 aromatic heterocycles. The lowest BCUT2D eigenvalue weighted by atomic mass is 10.2. The molecule has 0 amide bonds. The van der Waals surface area contributed by atoms with E-state index in [1.54, 1.807) is 0 Å². The number of nitrogens with one attached hydrogen (secondary N) is 1. The summed E-state index contributed by atoms with van der Waals surface area (Å²) in [5.41, 5.74) is 0. The molecular formula is C12H26N2O. The average molecular weight is 214 g/mol. The molecule has 2 N–H and O–H groups in total. The maximum atomic E-state index is 9.28. The van der Waals surface area contributed by atoms with Crippen LogP contribution in [0.5, 0.6) is 0 Å². The number of rotatable bonds is 9. The van der Waals surface area contributed by atoms with Crippen molar-refractivity contribution in [3.05, 3.63) is 0 Å².